The highest BCUT2D eigenvalue weighted by atomic mass is 32.2. The third-order valence-corrected chi connectivity index (χ3v) is 4.44. The Bertz CT molecular complexity index is 278. The monoisotopic (exact) mass is 274 g/mol. The lowest BCUT2D eigenvalue weighted by atomic mass is 9.85. The Labute approximate surface area is 113 Å². The van der Waals surface area contributed by atoms with Crippen LogP contribution in [0.25, 0.3) is 0 Å². The molecule has 3 unspecified atom stereocenters. The van der Waals surface area contributed by atoms with Crippen molar-refractivity contribution in [1.82, 2.24) is 10.6 Å². The van der Waals surface area contributed by atoms with Gasteiger partial charge in [0.25, 0.3) is 0 Å². The van der Waals surface area contributed by atoms with E-state index in [0.717, 1.165) is 19.5 Å². The lowest BCUT2D eigenvalue weighted by Gasteiger charge is -2.28. The van der Waals surface area contributed by atoms with E-state index in [9.17, 15) is 9.00 Å². The van der Waals surface area contributed by atoms with Gasteiger partial charge in [-0.15, -0.1) is 0 Å². The van der Waals surface area contributed by atoms with Crippen LogP contribution < -0.4 is 10.6 Å². The van der Waals surface area contributed by atoms with Gasteiger partial charge in [-0.2, -0.15) is 0 Å². The molecule has 0 aliphatic carbocycles. The second-order valence-electron chi connectivity index (χ2n) is 5.27. The molecule has 0 aromatic heterocycles. The number of rotatable bonds is 7. The molecule has 1 aliphatic heterocycles. The quantitative estimate of drug-likeness (QED) is 0.678. The van der Waals surface area contributed by atoms with Crippen LogP contribution in [0.15, 0.2) is 0 Å². The fourth-order valence-corrected chi connectivity index (χ4v) is 2.95. The molecule has 0 saturated carbocycles. The first-order valence-electron chi connectivity index (χ1n) is 6.87. The smallest absolute Gasteiger partial charge is 0.220 e. The highest BCUT2D eigenvalue weighted by molar-refractivity contribution is 7.84. The summed E-state index contributed by atoms with van der Waals surface area (Å²) < 4.78 is 10.9. The summed E-state index contributed by atoms with van der Waals surface area (Å²) in [6.45, 7) is 4.97. The molecule has 0 spiro atoms. The fraction of sp³-hybridized carbons (Fsp3) is 0.923. The topological polar surface area (TPSA) is 58.2 Å². The zero-order valence-electron chi connectivity index (χ0n) is 11.5. The second kappa shape index (κ2) is 8.64. The first-order chi connectivity index (χ1) is 8.59. The molecular formula is C13H26N2O2S. The maximum absolute atomic E-state index is 11.7. The van der Waals surface area contributed by atoms with Crippen molar-refractivity contribution in [3.63, 3.8) is 0 Å². The number of hydrogen-bond acceptors (Lipinski definition) is 3. The Morgan fingerprint density at radius 3 is 2.94 bits per heavy atom. The SMILES string of the molecule is CC(CC(=O)NCCCS(C)=O)C1CCCNC1. The molecule has 18 heavy (non-hydrogen) atoms. The Morgan fingerprint density at radius 2 is 2.33 bits per heavy atom. The lowest BCUT2D eigenvalue weighted by Crippen LogP contribution is -2.35. The average Bonchev–Trinajstić information content (AvgIpc) is 2.35. The number of carbonyl (C=O) groups excluding carboxylic acids is 1. The Balaban J connectivity index is 2.12. The van der Waals surface area contributed by atoms with E-state index in [1.807, 2.05) is 0 Å². The van der Waals surface area contributed by atoms with Crippen LogP contribution in [0.1, 0.15) is 32.6 Å². The number of amides is 1. The van der Waals surface area contributed by atoms with Gasteiger partial charge < -0.3 is 10.6 Å². The lowest BCUT2D eigenvalue weighted by molar-refractivity contribution is -0.122. The molecule has 0 radical (unpaired) electrons. The van der Waals surface area contributed by atoms with Gasteiger partial charge in [0.05, 0.1) is 0 Å². The van der Waals surface area contributed by atoms with Crippen LogP contribution in [0.3, 0.4) is 0 Å². The number of nitrogens with one attached hydrogen (secondary N) is 2. The number of hydrogen-bond donors (Lipinski definition) is 2. The highest BCUT2D eigenvalue weighted by Gasteiger charge is 2.21. The molecule has 1 aliphatic rings. The van der Waals surface area contributed by atoms with Crippen LogP contribution >= 0.6 is 0 Å². The molecule has 5 heteroatoms. The first-order valence-corrected chi connectivity index (χ1v) is 8.59. The third-order valence-electron chi connectivity index (χ3n) is 3.58. The van der Waals surface area contributed by atoms with Gasteiger partial charge in [0.1, 0.15) is 0 Å². The summed E-state index contributed by atoms with van der Waals surface area (Å²) >= 11 is 0. The first kappa shape index (κ1) is 15.6. The summed E-state index contributed by atoms with van der Waals surface area (Å²) in [5.41, 5.74) is 0. The molecule has 0 aromatic carbocycles. The van der Waals surface area contributed by atoms with Crippen LogP contribution in [0, 0.1) is 11.8 Å². The van der Waals surface area contributed by atoms with Crippen molar-refractivity contribution in [2.45, 2.75) is 32.6 Å². The van der Waals surface area contributed by atoms with E-state index in [0.29, 0.717) is 30.6 Å². The molecule has 106 valence electrons. The fourth-order valence-electron chi connectivity index (χ4n) is 2.40. The van der Waals surface area contributed by atoms with Gasteiger partial charge >= 0.3 is 0 Å². The van der Waals surface area contributed by atoms with Gasteiger partial charge in [0.2, 0.25) is 5.91 Å². The normalized spacial score (nSPS) is 23.3. The predicted octanol–water partition coefficient (Wildman–Crippen LogP) is 0.897. The summed E-state index contributed by atoms with van der Waals surface area (Å²) in [7, 11) is -0.754. The third kappa shape index (κ3) is 6.50. The molecule has 0 aromatic rings. The summed E-state index contributed by atoms with van der Waals surface area (Å²) in [5, 5.41) is 6.30. The van der Waals surface area contributed by atoms with E-state index >= 15 is 0 Å². The molecule has 1 fully saturated rings. The van der Waals surface area contributed by atoms with Crippen LogP contribution in [0.5, 0.6) is 0 Å². The van der Waals surface area contributed by atoms with Gasteiger partial charge in [-0.25, -0.2) is 0 Å². The maximum Gasteiger partial charge on any atom is 0.220 e. The molecule has 3 atom stereocenters. The molecule has 1 heterocycles. The largest absolute Gasteiger partial charge is 0.356 e. The van der Waals surface area contributed by atoms with Crippen LogP contribution in [-0.2, 0) is 15.6 Å². The Hall–Kier alpha value is -0.420. The van der Waals surface area contributed by atoms with E-state index < -0.39 is 10.8 Å². The summed E-state index contributed by atoms with van der Waals surface area (Å²) in [4.78, 5) is 11.7. The summed E-state index contributed by atoms with van der Waals surface area (Å²) in [5.74, 6) is 1.88. The summed E-state index contributed by atoms with van der Waals surface area (Å²) in [6, 6.07) is 0. The standard InChI is InChI=1S/C13H26N2O2S/c1-11(12-5-3-6-14-10-12)9-13(16)15-7-4-8-18(2)17/h11-12,14H,3-10H2,1-2H3,(H,15,16). The number of carbonyl (C=O) groups is 1. The molecule has 1 amide bonds. The predicted molar refractivity (Wildman–Crippen MR) is 75.9 cm³/mol. The van der Waals surface area contributed by atoms with Crippen molar-refractivity contribution in [3.05, 3.63) is 0 Å². The zero-order valence-corrected chi connectivity index (χ0v) is 12.4. The zero-order chi connectivity index (χ0) is 13.4. The van der Waals surface area contributed by atoms with Crippen molar-refractivity contribution in [3.8, 4) is 0 Å². The van der Waals surface area contributed by atoms with Gasteiger partial charge in [-0.05, 0) is 44.2 Å². The minimum Gasteiger partial charge on any atom is -0.356 e. The van der Waals surface area contributed by atoms with Gasteiger partial charge in [-0.1, -0.05) is 6.92 Å². The minimum absolute atomic E-state index is 0.134. The van der Waals surface area contributed by atoms with E-state index in [1.165, 1.54) is 12.8 Å². The highest BCUT2D eigenvalue weighted by Crippen LogP contribution is 2.22. The van der Waals surface area contributed by atoms with Crippen molar-refractivity contribution >= 4 is 16.7 Å². The minimum atomic E-state index is -0.754. The maximum atomic E-state index is 11.7. The Kier molecular flexibility index (Phi) is 7.51. The molecule has 0 bridgehead atoms. The Morgan fingerprint density at radius 1 is 1.56 bits per heavy atom. The van der Waals surface area contributed by atoms with Gasteiger partial charge in [-0.3, -0.25) is 9.00 Å². The van der Waals surface area contributed by atoms with Crippen LogP contribution in [-0.4, -0.2) is 41.8 Å². The molecular weight excluding hydrogens is 248 g/mol. The van der Waals surface area contributed by atoms with Crippen molar-refractivity contribution in [1.29, 1.82) is 0 Å². The second-order valence-corrected chi connectivity index (χ2v) is 6.82. The van der Waals surface area contributed by atoms with Gasteiger partial charge in [0, 0.05) is 35.8 Å². The molecule has 2 N–H and O–H groups in total. The van der Waals surface area contributed by atoms with Crippen molar-refractivity contribution in [2.75, 3.05) is 31.6 Å². The van der Waals surface area contributed by atoms with Crippen LogP contribution in [0.2, 0.25) is 0 Å². The van der Waals surface area contributed by atoms with Crippen molar-refractivity contribution in [2.24, 2.45) is 11.8 Å². The van der Waals surface area contributed by atoms with Gasteiger partial charge in [0.15, 0.2) is 0 Å². The summed E-state index contributed by atoms with van der Waals surface area (Å²) in [6.07, 6.45) is 5.56. The van der Waals surface area contributed by atoms with E-state index in [4.69, 9.17) is 0 Å². The molecule has 4 nitrogen and oxygen atoms in total. The van der Waals surface area contributed by atoms with E-state index in [2.05, 4.69) is 17.6 Å². The molecule has 1 saturated heterocycles. The van der Waals surface area contributed by atoms with E-state index in [-0.39, 0.29) is 5.91 Å². The number of piperidine rings is 1. The molecule has 1 rings (SSSR count). The van der Waals surface area contributed by atoms with Crippen molar-refractivity contribution < 1.29 is 9.00 Å². The van der Waals surface area contributed by atoms with E-state index in [1.54, 1.807) is 6.26 Å². The average molecular weight is 274 g/mol. The van der Waals surface area contributed by atoms with Crippen LogP contribution in [0.4, 0.5) is 0 Å².